The minimum Gasteiger partial charge on any atom is -0.454 e. The number of rotatable bonds is 8. The Kier molecular flexibility index (Phi) is 8.94. The van der Waals surface area contributed by atoms with Crippen LogP contribution in [0.15, 0.2) is 0 Å². The summed E-state index contributed by atoms with van der Waals surface area (Å²) in [6, 6.07) is 0. The Labute approximate surface area is 163 Å². The molecule has 7 heteroatoms. The SMILES string of the molecule is CC(CC(C)(C)OOC(C)(C)C)OC(=O)C(=O)OOC(C)(C)CC(C)(C)C. The van der Waals surface area contributed by atoms with E-state index >= 15 is 0 Å². The maximum Gasteiger partial charge on any atom is 0.449 e. The third-order valence-corrected chi connectivity index (χ3v) is 3.07. The van der Waals surface area contributed by atoms with E-state index < -0.39 is 34.8 Å². The van der Waals surface area contributed by atoms with E-state index in [9.17, 15) is 9.59 Å². The normalized spacial score (nSPS) is 14.6. The molecule has 27 heavy (non-hydrogen) atoms. The highest BCUT2D eigenvalue weighted by Gasteiger charge is 2.32. The van der Waals surface area contributed by atoms with Gasteiger partial charge in [-0.1, -0.05) is 20.8 Å². The number of ether oxygens (including phenoxy) is 1. The first-order valence-corrected chi connectivity index (χ1v) is 9.29. The van der Waals surface area contributed by atoms with E-state index in [1.807, 2.05) is 41.5 Å². The molecule has 0 aromatic rings. The quantitative estimate of drug-likeness (QED) is 0.261. The zero-order chi connectivity index (χ0) is 21.7. The van der Waals surface area contributed by atoms with Crippen molar-refractivity contribution >= 4 is 11.9 Å². The minimum atomic E-state index is -1.19. The summed E-state index contributed by atoms with van der Waals surface area (Å²) in [4.78, 5) is 44.3. The van der Waals surface area contributed by atoms with Crippen molar-refractivity contribution in [1.29, 1.82) is 0 Å². The van der Waals surface area contributed by atoms with Gasteiger partial charge in [-0.3, -0.25) is 4.89 Å². The smallest absolute Gasteiger partial charge is 0.449 e. The zero-order valence-electron chi connectivity index (χ0n) is 18.8. The van der Waals surface area contributed by atoms with Gasteiger partial charge in [0.1, 0.15) is 17.3 Å². The molecule has 0 aromatic carbocycles. The molecule has 160 valence electrons. The highest BCUT2D eigenvalue weighted by molar-refractivity contribution is 6.29. The predicted octanol–water partition coefficient (Wildman–Crippen LogP) is 4.52. The fourth-order valence-corrected chi connectivity index (χ4v) is 2.73. The van der Waals surface area contributed by atoms with Crippen LogP contribution in [0.2, 0.25) is 0 Å². The van der Waals surface area contributed by atoms with Crippen LogP contribution in [0.5, 0.6) is 0 Å². The van der Waals surface area contributed by atoms with Gasteiger partial charge in [-0.2, -0.15) is 4.89 Å². The minimum absolute atomic E-state index is 0.0222. The zero-order valence-corrected chi connectivity index (χ0v) is 18.8. The van der Waals surface area contributed by atoms with Crippen molar-refractivity contribution in [3.8, 4) is 0 Å². The van der Waals surface area contributed by atoms with Crippen molar-refractivity contribution in [2.75, 3.05) is 0 Å². The van der Waals surface area contributed by atoms with Crippen LogP contribution in [0.1, 0.15) is 89.0 Å². The molecule has 0 aromatic heterocycles. The Bertz CT molecular complexity index is 495. The van der Waals surface area contributed by atoms with E-state index in [2.05, 4.69) is 4.89 Å². The van der Waals surface area contributed by atoms with Crippen LogP contribution in [-0.2, 0) is 33.9 Å². The van der Waals surface area contributed by atoms with E-state index in [1.165, 1.54) is 0 Å². The van der Waals surface area contributed by atoms with Crippen LogP contribution in [0.3, 0.4) is 0 Å². The van der Waals surface area contributed by atoms with Gasteiger partial charge in [0.15, 0.2) is 0 Å². The average Bonchev–Trinajstić information content (AvgIpc) is 2.38. The summed E-state index contributed by atoms with van der Waals surface area (Å²) in [6.45, 7) is 20.6. The lowest BCUT2D eigenvalue weighted by molar-refractivity contribution is -0.399. The number of hydrogen-bond donors (Lipinski definition) is 0. The maximum absolute atomic E-state index is 11.9. The Hall–Kier alpha value is -1.18. The summed E-state index contributed by atoms with van der Waals surface area (Å²) in [5.74, 6) is -2.30. The topological polar surface area (TPSA) is 80.3 Å². The largest absolute Gasteiger partial charge is 0.454 e. The van der Waals surface area contributed by atoms with Crippen molar-refractivity contribution in [2.24, 2.45) is 5.41 Å². The third-order valence-electron chi connectivity index (χ3n) is 3.07. The van der Waals surface area contributed by atoms with Gasteiger partial charge in [0.05, 0.1) is 5.60 Å². The predicted molar refractivity (Wildman–Crippen MR) is 102 cm³/mol. The van der Waals surface area contributed by atoms with Gasteiger partial charge in [0, 0.05) is 6.42 Å². The second-order valence-electron chi connectivity index (χ2n) is 10.4. The Morgan fingerprint density at radius 3 is 1.70 bits per heavy atom. The van der Waals surface area contributed by atoms with Crippen molar-refractivity contribution < 1.29 is 33.9 Å². The molecule has 0 aliphatic heterocycles. The number of carbonyl (C=O) groups is 2. The molecule has 0 saturated carbocycles. The summed E-state index contributed by atoms with van der Waals surface area (Å²) < 4.78 is 5.12. The third kappa shape index (κ3) is 13.6. The molecule has 0 saturated heterocycles. The van der Waals surface area contributed by atoms with Crippen LogP contribution < -0.4 is 0 Å². The summed E-state index contributed by atoms with van der Waals surface area (Å²) in [6.07, 6.45) is 0.391. The van der Waals surface area contributed by atoms with Gasteiger partial charge in [-0.15, -0.1) is 0 Å². The number of hydrogen-bond acceptors (Lipinski definition) is 7. The fraction of sp³-hybridized carbons (Fsp3) is 0.900. The van der Waals surface area contributed by atoms with Gasteiger partial charge in [0.2, 0.25) is 0 Å². The second kappa shape index (κ2) is 9.34. The summed E-state index contributed by atoms with van der Waals surface area (Å²) in [7, 11) is 0. The summed E-state index contributed by atoms with van der Waals surface area (Å²) >= 11 is 0. The highest BCUT2D eigenvalue weighted by Crippen LogP contribution is 2.29. The second-order valence-corrected chi connectivity index (χ2v) is 10.4. The molecular formula is C20H38O7. The molecule has 1 unspecified atom stereocenters. The molecule has 0 rings (SSSR count). The highest BCUT2D eigenvalue weighted by atomic mass is 17.2. The molecule has 0 spiro atoms. The van der Waals surface area contributed by atoms with E-state index in [0.29, 0.717) is 12.8 Å². The average molecular weight is 391 g/mol. The Morgan fingerprint density at radius 2 is 1.26 bits per heavy atom. The molecular weight excluding hydrogens is 352 g/mol. The molecule has 7 nitrogen and oxygen atoms in total. The lowest BCUT2D eigenvalue weighted by atomic mass is 9.84. The number of carbonyl (C=O) groups excluding carboxylic acids is 2. The van der Waals surface area contributed by atoms with Crippen molar-refractivity contribution in [3.63, 3.8) is 0 Å². The van der Waals surface area contributed by atoms with Gasteiger partial charge in [-0.05, 0) is 67.2 Å². The lowest BCUT2D eigenvalue weighted by Gasteiger charge is -2.30. The molecule has 0 aliphatic rings. The maximum atomic E-state index is 11.9. The van der Waals surface area contributed by atoms with Crippen LogP contribution >= 0.6 is 0 Å². The first kappa shape index (κ1) is 25.8. The summed E-state index contributed by atoms with van der Waals surface area (Å²) in [5, 5.41) is 0. The first-order chi connectivity index (χ1) is 11.8. The van der Waals surface area contributed by atoms with Gasteiger partial charge in [0.25, 0.3) is 0 Å². The Morgan fingerprint density at radius 1 is 0.741 bits per heavy atom. The molecule has 0 amide bonds. The molecule has 0 bridgehead atoms. The molecule has 0 heterocycles. The van der Waals surface area contributed by atoms with Crippen LogP contribution in [-0.4, -0.2) is 34.8 Å². The van der Waals surface area contributed by atoms with Crippen molar-refractivity contribution in [2.45, 2.75) is 112 Å². The van der Waals surface area contributed by atoms with E-state index in [0.717, 1.165) is 0 Å². The Balaban J connectivity index is 4.48. The monoisotopic (exact) mass is 390 g/mol. The first-order valence-electron chi connectivity index (χ1n) is 9.29. The van der Waals surface area contributed by atoms with E-state index in [1.54, 1.807) is 34.6 Å². The van der Waals surface area contributed by atoms with Gasteiger partial charge in [-0.25, -0.2) is 19.4 Å². The fourth-order valence-electron chi connectivity index (χ4n) is 2.73. The molecule has 0 N–H and O–H groups in total. The van der Waals surface area contributed by atoms with E-state index in [4.69, 9.17) is 19.4 Å². The van der Waals surface area contributed by atoms with Gasteiger partial charge >= 0.3 is 11.9 Å². The van der Waals surface area contributed by atoms with Crippen LogP contribution in [0.25, 0.3) is 0 Å². The van der Waals surface area contributed by atoms with Gasteiger partial charge < -0.3 is 4.74 Å². The number of esters is 1. The summed E-state index contributed by atoms with van der Waals surface area (Å²) in [5.41, 5.74) is -1.91. The molecule has 1 atom stereocenters. The lowest BCUT2D eigenvalue weighted by Crippen LogP contribution is -2.36. The molecule has 0 radical (unpaired) electrons. The van der Waals surface area contributed by atoms with E-state index in [-0.39, 0.29) is 5.41 Å². The molecule has 0 fully saturated rings. The van der Waals surface area contributed by atoms with Crippen molar-refractivity contribution in [3.05, 3.63) is 0 Å². The van der Waals surface area contributed by atoms with Crippen molar-refractivity contribution in [1.82, 2.24) is 0 Å². The van der Waals surface area contributed by atoms with Crippen LogP contribution in [0.4, 0.5) is 0 Å². The standard InChI is InChI=1S/C20H38O7/c1-14(12-19(8,9)27-25-18(5,6)7)23-15(21)16(22)24-26-20(10,11)13-17(2,3)4/h14H,12-13H2,1-11H3. The van der Waals surface area contributed by atoms with Crippen LogP contribution in [0, 0.1) is 5.41 Å². The molecule has 0 aliphatic carbocycles.